The van der Waals surface area contributed by atoms with E-state index < -0.39 is 11.8 Å². The number of carbonyl (C=O) groups is 2. The number of aromatic nitrogens is 1. The van der Waals surface area contributed by atoms with Gasteiger partial charge in [0.1, 0.15) is 5.75 Å². The lowest BCUT2D eigenvalue weighted by Crippen LogP contribution is -2.41. The van der Waals surface area contributed by atoms with Crippen molar-refractivity contribution in [3.63, 3.8) is 0 Å². The van der Waals surface area contributed by atoms with Gasteiger partial charge in [-0.3, -0.25) is 20.4 Å². The number of nitrogens with zero attached hydrogens (tertiary/aromatic N) is 1. The van der Waals surface area contributed by atoms with Crippen LogP contribution in [0.3, 0.4) is 0 Å². The standard InChI is InChI=1S/C15H11N3O3S/c19-12-4-2-1-3-10(12)15(21)18-17-14(20)9-5-6-11-13(7-9)22-8-16-11/h1-8,19H,(H,17,20)(H,18,21). The SMILES string of the molecule is O=C(NNC(=O)c1ccccc1O)c1ccc2ncsc2c1. The van der Waals surface area contributed by atoms with E-state index in [4.69, 9.17) is 0 Å². The molecule has 6 nitrogen and oxygen atoms in total. The highest BCUT2D eigenvalue weighted by molar-refractivity contribution is 7.16. The molecule has 3 aromatic rings. The van der Waals surface area contributed by atoms with Crippen molar-refractivity contribution in [2.75, 3.05) is 0 Å². The maximum absolute atomic E-state index is 12.0. The summed E-state index contributed by atoms with van der Waals surface area (Å²) in [6.07, 6.45) is 0. The summed E-state index contributed by atoms with van der Waals surface area (Å²) in [6, 6.07) is 11.2. The molecule has 2 amide bonds. The van der Waals surface area contributed by atoms with Gasteiger partial charge in [-0.1, -0.05) is 12.1 Å². The fourth-order valence-corrected chi connectivity index (χ4v) is 2.63. The van der Waals surface area contributed by atoms with Crippen molar-refractivity contribution in [3.05, 3.63) is 59.1 Å². The zero-order chi connectivity index (χ0) is 15.5. The number of hydrazine groups is 1. The number of benzene rings is 2. The summed E-state index contributed by atoms with van der Waals surface area (Å²) < 4.78 is 0.889. The third-order valence-corrected chi connectivity index (χ3v) is 3.82. The van der Waals surface area contributed by atoms with Gasteiger partial charge in [-0.25, -0.2) is 4.98 Å². The molecule has 22 heavy (non-hydrogen) atoms. The number of hydrogen-bond donors (Lipinski definition) is 3. The lowest BCUT2D eigenvalue weighted by atomic mass is 10.2. The van der Waals surface area contributed by atoms with E-state index in [2.05, 4.69) is 15.8 Å². The van der Waals surface area contributed by atoms with Gasteiger partial charge in [0.05, 0.1) is 21.3 Å². The molecule has 0 radical (unpaired) electrons. The number of carbonyl (C=O) groups excluding carboxylic acids is 2. The van der Waals surface area contributed by atoms with Crippen LogP contribution in [0.5, 0.6) is 5.75 Å². The third kappa shape index (κ3) is 2.75. The molecule has 0 aliphatic heterocycles. The summed E-state index contributed by atoms with van der Waals surface area (Å²) in [4.78, 5) is 28.0. The van der Waals surface area contributed by atoms with Crippen LogP contribution in [0.2, 0.25) is 0 Å². The predicted molar refractivity (Wildman–Crippen MR) is 82.7 cm³/mol. The van der Waals surface area contributed by atoms with E-state index >= 15 is 0 Å². The van der Waals surface area contributed by atoms with Crippen LogP contribution in [0.1, 0.15) is 20.7 Å². The number of thiazole rings is 1. The lowest BCUT2D eigenvalue weighted by Gasteiger charge is -2.08. The van der Waals surface area contributed by atoms with E-state index in [0.29, 0.717) is 5.56 Å². The molecule has 110 valence electrons. The monoisotopic (exact) mass is 313 g/mol. The van der Waals surface area contributed by atoms with Crippen LogP contribution in [0.15, 0.2) is 48.0 Å². The van der Waals surface area contributed by atoms with E-state index in [1.165, 1.54) is 23.5 Å². The predicted octanol–water partition coefficient (Wildman–Crippen LogP) is 2.08. The van der Waals surface area contributed by atoms with Gasteiger partial charge in [0.15, 0.2) is 0 Å². The Kier molecular flexibility index (Phi) is 3.71. The first-order valence-electron chi connectivity index (χ1n) is 6.37. The second-order valence-electron chi connectivity index (χ2n) is 4.46. The average Bonchev–Trinajstić information content (AvgIpc) is 3.00. The Bertz CT molecular complexity index is 860. The zero-order valence-electron chi connectivity index (χ0n) is 11.2. The molecule has 0 saturated carbocycles. The topological polar surface area (TPSA) is 91.3 Å². The molecule has 0 bridgehead atoms. The maximum Gasteiger partial charge on any atom is 0.273 e. The Morgan fingerprint density at radius 3 is 2.64 bits per heavy atom. The number of hydrogen-bond acceptors (Lipinski definition) is 5. The van der Waals surface area contributed by atoms with E-state index in [9.17, 15) is 14.7 Å². The Hall–Kier alpha value is -2.93. The van der Waals surface area contributed by atoms with Gasteiger partial charge in [-0.05, 0) is 30.3 Å². The molecule has 1 heterocycles. The molecule has 0 spiro atoms. The Morgan fingerprint density at radius 2 is 1.82 bits per heavy atom. The van der Waals surface area contributed by atoms with Crippen LogP contribution >= 0.6 is 11.3 Å². The van der Waals surface area contributed by atoms with Crippen molar-refractivity contribution in [3.8, 4) is 5.75 Å². The number of phenolic OH excluding ortho intramolecular Hbond substituents is 1. The number of phenols is 1. The summed E-state index contributed by atoms with van der Waals surface area (Å²) >= 11 is 1.43. The molecule has 7 heteroatoms. The highest BCUT2D eigenvalue weighted by Gasteiger charge is 2.12. The summed E-state index contributed by atoms with van der Waals surface area (Å²) in [7, 11) is 0. The number of fused-ring (bicyclic) bond motifs is 1. The molecular formula is C15H11N3O3S. The van der Waals surface area contributed by atoms with Crippen LogP contribution in [-0.4, -0.2) is 21.9 Å². The highest BCUT2D eigenvalue weighted by Crippen LogP contribution is 2.19. The fraction of sp³-hybridized carbons (Fsp3) is 0. The quantitative estimate of drug-likeness (QED) is 0.632. The Labute approximate surface area is 129 Å². The number of nitrogens with one attached hydrogen (secondary N) is 2. The maximum atomic E-state index is 12.0. The minimum absolute atomic E-state index is 0.0840. The summed E-state index contributed by atoms with van der Waals surface area (Å²) in [5.41, 5.74) is 7.60. The van der Waals surface area contributed by atoms with E-state index in [1.54, 1.807) is 35.8 Å². The van der Waals surface area contributed by atoms with Crippen molar-refractivity contribution >= 4 is 33.4 Å². The van der Waals surface area contributed by atoms with Crippen molar-refractivity contribution in [1.29, 1.82) is 0 Å². The number of rotatable bonds is 2. The molecule has 3 N–H and O–H groups in total. The van der Waals surface area contributed by atoms with E-state index in [1.807, 2.05) is 0 Å². The normalized spacial score (nSPS) is 10.4. The Balaban J connectivity index is 1.69. The first kappa shape index (κ1) is 14.0. The minimum Gasteiger partial charge on any atom is -0.507 e. The van der Waals surface area contributed by atoms with Crippen molar-refractivity contribution in [2.45, 2.75) is 0 Å². The second-order valence-corrected chi connectivity index (χ2v) is 5.35. The first-order chi connectivity index (χ1) is 10.6. The van der Waals surface area contributed by atoms with Gasteiger partial charge in [-0.2, -0.15) is 0 Å². The highest BCUT2D eigenvalue weighted by atomic mass is 32.1. The smallest absolute Gasteiger partial charge is 0.273 e. The summed E-state index contributed by atoms with van der Waals surface area (Å²) in [5.74, 6) is -1.19. The van der Waals surface area contributed by atoms with Gasteiger partial charge < -0.3 is 5.11 Å². The summed E-state index contributed by atoms with van der Waals surface area (Å²) in [5, 5.41) is 9.58. The van der Waals surface area contributed by atoms with Gasteiger partial charge in [0.25, 0.3) is 11.8 Å². The van der Waals surface area contributed by atoms with E-state index in [0.717, 1.165) is 10.2 Å². The van der Waals surface area contributed by atoms with Crippen molar-refractivity contribution < 1.29 is 14.7 Å². The minimum atomic E-state index is -0.592. The lowest BCUT2D eigenvalue weighted by molar-refractivity contribution is 0.0845. The zero-order valence-corrected chi connectivity index (χ0v) is 12.1. The molecule has 0 fully saturated rings. The molecule has 3 rings (SSSR count). The van der Waals surface area contributed by atoms with Gasteiger partial charge in [-0.15, -0.1) is 11.3 Å². The van der Waals surface area contributed by atoms with Gasteiger partial charge >= 0.3 is 0 Å². The van der Waals surface area contributed by atoms with Gasteiger partial charge in [0.2, 0.25) is 0 Å². The third-order valence-electron chi connectivity index (χ3n) is 3.03. The van der Waals surface area contributed by atoms with Crippen molar-refractivity contribution in [1.82, 2.24) is 15.8 Å². The van der Waals surface area contributed by atoms with Crippen LogP contribution in [0.4, 0.5) is 0 Å². The first-order valence-corrected chi connectivity index (χ1v) is 7.25. The largest absolute Gasteiger partial charge is 0.507 e. The average molecular weight is 313 g/mol. The molecule has 1 aromatic heterocycles. The van der Waals surface area contributed by atoms with Crippen LogP contribution in [0.25, 0.3) is 10.2 Å². The molecule has 0 unspecified atom stereocenters. The molecule has 2 aromatic carbocycles. The molecule has 0 aliphatic rings. The number of aromatic hydroxyl groups is 1. The van der Waals surface area contributed by atoms with Crippen LogP contribution in [0, 0.1) is 0 Å². The second kappa shape index (κ2) is 5.82. The van der Waals surface area contributed by atoms with E-state index in [-0.39, 0.29) is 11.3 Å². The molecule has 0 aliphatic carbocycles. The van der Waals surface area contributed by atoms with Gasteiger partial charge in [0, 0.05) is 5.56 Å². The molecular weight excluding hydrogens is 302 g/mol. The fourth-order valence-electron chi connectivity index (χ4n) is 1.92. The summed E-state index contributed by atoms with van der Waals surface area (Å²) in [6.45, 7) is 0. The molecule has 0 atom stereocenters. The number of para-hydroxylation sites is 1. The van der Waals surface area contributed by atoms with Crippen LogP contribution < -0.4 is 10.9 Å². The number of amides is 2. The molecule has 0 saturated heterocycles. The van der Waals surface area contributed by atoms with Crippen LogP contribution in [-0.2, 0) is 0 Å². The Morgan fingerprint density at radius 1 is 1.05 bits per heavy atom. The van der Waals surface area contributed by atoms with Crippen molar-refractivity contribution in [2.24, 2.45) is 0 Å².